The van der Waals surface area contributed by atoms with Gasteiger partial charge >= 0.3 is 0 Å². The van der Waals surface area contributed by atoms with Gasteiger partial charge in [-0.25, -0.2) is 0 Å². The van der Waals surface area contributed by atoms with Crippen molar-refractivity contribution in [2.75, 3.05) is 0 Å². The molecule has 0 radical (unpaired) electrons. The summed E-state index contributed by atoms with van der Waals surface area (Å²) in [5.41, 5.74) is 2.56. The summed E-state index contributed by atoms with van der Waals surface area (Å²) in [5, 5.41) is 12.0. The minimum absolute atomic E-state index is 0.0205. The lowest BCUT2D eigenvalue weighted by molar-refractivity contribution is 0.0994. The molecular weight excluding hydrogens is 402 g/mol. The summed E-state index contributed by atoms with van der Waals surface area (Å²) in [6.45, 7) is 3.80. The highest BCUT2D eigenvalue weighted by atomic mass is 35.5. The first-order valence-corrected chi connectivity index (χ1v) is 10.6. The molecule has 0 saturated heterocycles. The zero-order chi connectivity index (χ0) is 20.5. The van der Waals surface area contributed by atoms with Crippen LogP contribution in [-0.4, -0.2) is 25.8 Å². The zero-order valence-electron chi connectivity index (χ0n) is 16.4. The number of nitrogens with zero attached hydrogens (tertiary/aromatic N) is 3. The van der Waals surface area contributed by atoms with E-state index in [0.29, 0.717) is 15.7 Å². The highest BCUT2D eigenvalue weighted by molar-refractivity contribution is 8.00. The van der Waals surface area contributed by atoms with Crippen molar-refractivity contribution in [2.45, 2.75) is 24.3 Å². The van der Waals surface area contributed by atoms with Crippen LogP contribution in [0.25, 0.3) is 22.2 Å². The predicted octanol–water partition coefficient (Wildman–Crippen LogP) is 5.96. The van der Waals surface area contributed by atoms with Crippen LogP contribution in [0.4, 0.5) is 0 Å². The fourth-order valence-electron chi connectivity index (χ4n) is 3.19. The molecule has 1 atom stereocenters. The summed E-state index contributed by atoms with van der Waals surface area (Å²) >= 11 is 7.57. The van der Waals surface area contributed by atoms with E-state index >= 15 is 0 Å². The highest BCUT2D eigenvalue weighted by Gasteiger charge is 2.21. The van der Waals surface area contributed by atoms with E-state index in [0.717, 1.165) is 22.3 Å². The Labute approximate surface area is 178 Å². The maximum atomic E-state index is 12.8. The molecule has 0 N–H and O–H groups in total. The molecule has 0 saturated carbocycles. The SMILES string of the molecule is Cc1ccc(C(=O)[C@H](C)Sc2nnc(-c3ccc4ccccc4c3)n2C)cc1Cl. The summed E-state index contributed by atoms with van der Waals surface area (Å²) in [6, 6.07) is 19.9. The van der Waals surface area contributed by atoms with Gasteiger partial charge in [-0.1, -0.05) is 71.9 Å². The number of thioether (sulfide) groups is 1. The molecular formula is C23H20ClN3OS. The van der Waals surface area contributed by atoms with Crippen molar-refractivity contribution in [1.82, 2.24) is 14.8 Å². The molecule has 0 amide bonds. The molecule has 1 heterocycles. The van der Waals surface area contributed by atoms with Crippen molar-refractivity contribution in [1.29, 1.82) is 0 Å². The van der Waals surface area contributed by atoms with Gasteiger partial charge in [0.15, 0.2) is 16.8 Å². The second-order valence-corrected chi connectivity index (χ2v) is 8.73. The third-order valence-electron chi connectivity index (χ3n) is 4.95. The summed E-state index contributed by atoms with van der Waals surface area (Å²) < 4.78 is 1.93. The quantitative estimate of drug-likeness (QED) is 0.294. The Kier molecular flexibility index (Phi) is 5.43. The first-order valence-electron chi connectivity index (χ1n) is 9.29. The van der Waals surface area contributed by atoms with Crippen molar-refractivity contribution in [3.05, 3.63) is 76.8 Å². The Bertz CT molecular complexity index is 1220. The van der Waals surface area contributed by atoms with E-state index in [1.807, 2.05) is 55.8 Å². The third kappa shape index (κ3) is 3.93. The molecule has 4 aromatic rings. The van der Waals surface area contributed by atoms with E-state index < -0.39 is 0 Å². The number of fused-ring (bicyclic) bond motifs is 1. The molecule has 0 spiro atoms. The van der Waals surface area contributed by atoms with Crippen LogP contribution in [0.15, 0.2) is 65.8 Å². The summed E-state index contributed by atoms with van der Waals surface area (Å²) in [6.07, 6.45) is 0. The van der Waals surface area contributed by atoms with Crippen LogP contribution >= 0.6 is 23.4 Å². The number of carbonyl (C=O) groups is 1. The fourth-order valence-corrected chi connectivity index (χ4v) is 4.26. The molecule has 1 aromatic heterocycles. The number of carbonyl (C=O) groups excluding carboxylic acids is 1. The van der Waals surface area contributed by atoms with Gasteiger partial charge in [-0.05, 0) is 42.3 Å². The normalized spacial score (nSPS) is 12.3. The Morgan fingerprint density at radius 3 is 2.55 bits per heavy atom. The van der Waals surface area contributed by atoms with Gasteiger partial charge in [0.2, 0.25) is 0 Å². The summed E-state index contributed by atoms with van der Waals surface area (Å²) in [7, 11) is 1.92. The van der Waals surface area contributed by atoms with Crippen molar-refractivity contribution < 1.29 is 4.79 Å². The van der Waals surface area contributed by atoms with Crippen LogP contribution in [0.1, 0.15) is 22.8 Å². The number of benzene rings is 3. The number of hydrogen-bond acceptors (Lipinski definition) is 4. The number of hydrogen-bond donors (Lipinski definition) is 0. The van der Waals surface area contributed by atoms with Crippen LogP contribution in [0.5, 0.6) is 0 Å². The Morgan fingerprint density at radius 1 is 1.03 bits per heavy atom. The van der Waals surface area contributed by atoms with Crippen LogP contribution in [-0.2, 0) is 7.05 Å². The molecule has 4 rings (SSSR count). The Hall–Kier alpha value is -2.63. The number of aryl methyl sites for hydroxylation is 1. The van der Waals surface area contributed by atoms with Crippen LogP contribution in [0, 0.1) is 6.92 Å². The molecule has 0 aliphatic rings. The molecule has 0 aliphatic heterocycles. The largest absolute Gasteiger partial charge is 0.305 e. The van der Waals surface area contributed by atoms with Crippen LogP contribution in [0.2, 0.25) is 5.02 Å². The van der Waals surface area contributed by atoms with Crippen LogP contribution in [0.3, 0.4) is 0 Å². The number of aromatic nitrogens is 3. The number of Topliss-reactive ketones (excluding diaryl/α,β-unsaturated/α-hetero) is 1. The lowest BCUT2D eigenvalue weighted by Gasteiger charge is -2.11. The molecule has 146 valence electrons. The molecule has 4 nitrogen and oxygen atoms in total. The third-order valence-corrected chi connectivity index (χ3v) is 6.49. The van der Waals surface area contributed by atoms with Crippen molar-refractivity contribution >= 4 is 39.9 Å². The van der Waals surface area contributed by atoms with E-state index in [4.69, 9.17) is 11.6 Å². The van der Waals surface area contributed by atoms with E-state index in [9.17, 15) is 4.79 Å². The smallest absolute Gasteiger partial charge is 0.191 e. The van der Waals surface area contributed by atoms with E-state index in [-0.39, 0.29) is 11.0 Å². The fraction of sp³-hybridized carbons (Fsp3) is 0.174. The van der Waals surface area contributed by atoms with Gasteiger partial charge in [0, 0.05) is 23.2 Å². The second kappa shape index (κ2) is 8.01. The van der Waals surface area contributed by atoms with Gasteiger partial charge in [0.25, 0.3) is 0 Å². The van der Waals surface area contributed by atoms with Gasteiger partial charge in [-0.3, -0.25) is 4.79 Å². The highest BCUT2D eigenvalue weighted by Crippen LogP contribution is 2.29. The zero-order valence-corrected chi connectivity index (χ0v) is 18.0. The monoisotopic (exact) mass is 421 g/mol. The minimum Gasteiger partial charge on any atom is -0.305 e. The second-order valence-electron chi connectivity index (χ2n) is 7.02. The molecule has 0 aliphatic carbocycles. The predicted molar refractivity (Wildman–Crippen MR) is 120 cm³/mol. The van der Waals surface area contributed by atoms with Gasteiger partial charge in [0.1, 0.15) is 0 Å². The molecule has 6 heteroatoms. The number of halogens is 1. The first-order chi connectivity index (χ1) is 13.9. The standard InChI is InChI=1S/C23H20ClN3OS/c1-14-8-9-18(13-20(14)24)21(28)15(2)29-23-26-25-22(27(23)3)19-11-10-16-6-4-5-7-17(16)12-19/h4-13,15H,1-3H3/t15-/m0/s1. The molecule has 0 bridgehead atoms. The number of rotatable bonds is 5. The van der Waals surface area contributed by atoms with Crippen LogP contribution < -0.4 is 0 Å². The minimum atomic E-state index is -0.305. The lowest BCUT2D eigenvalue weighted by Crippen LogP contribution is -2.14. The first kappa shape index (κ1) is 19.7. The molecule has 3 aromatic carbocycles. The summed E-state index contributed by atoms with van der Waals surface area (Å²) in [5.74, 6) is 0.795. The maximum Gasteiger partial charge on any atom is 0.191 e. The Morgan fingerprint density at radius 2 is 1.79 bits per heavy atom. The molecule has 29 heavy (non-hydrogen) atoms. The van der Waals surface area contributed by atoms with E-state index in [1.54, 1.807) is 6.07 Å². The maximum absolute atomic E-state index is 12.8. The Balaban J connectivity index is 1.57. The van der Waals surface area contributed by atoms with Gasteiger partial charge in [0.05, 0.1) is 5.25 Å². The van der Waals surface area contributed by atoms with Crippen molar-refractivity contribution in [2.24, 2.45) is 7.05 Å². The van der Waals surface area contributed by atoms with E-state index in [2.05, 4.69) is 34.5 Å². The van der Waals surface area contributed by atoms with E-state index in [1.165, 1.54) is 17.1 Å². The lowest BCUT2D eigenvalue weighted by atomic mass is 10.1. The van der Waals surface area contributed by atoms with Gasteiger partial charge in [-0.15, -0.1) is 10.2 Å². The van der Waals surface area contributed by atoms with Crippen molar-refractivity contribution in [3.63, 3.8) is 0 Å². The molecule has 0 fully saturated rings. The van der Waals surface area contributed by atoms with Gasteiger partial charge < -0.3 is 4.57 Å². The number of ketones is 1. The average molecular weight is 422 g/mol. The summed E-state index contributed by atoms with van der Waals surface area (Å²) in [4.78, 5) is 12.8. The topological polar surface area (TPSA) is 47.8 Å². The van der Waals surface area contributed by atoms with Crippen molar-refractivity contribution in [3.8, 4) is 11.4 Å². The van der Waals surface area contributed by atoms with Gasteiger partial charge in [-0.2, -0.15) is 0 Å². The average Bonchev–Trinajstić information content (AvgIpc) is 3.09. The molecule has 0 unspecified atom stereocenters.